The van der Waals surface area contributed by atoms with E-state index < -0.39 is 5.91 Å². The zero-order valence-corrected chi connectivity index (χ0v) is 24.3. The summed E-state index contributed by atoms with van der Waals surface area (Å²) in [5, 5.41) is 3.04. The largest absolute Gasteiger partial charge is 0.319 e. The third-order valence-electron chi connectivity index (χ3n) is 12.7. The first-order valence-corrected chi connectivity index (χ1v) is 16.4. The summed E-state index contributed by atoms with van der Waals surface area (Å²) in [7, 11) is 0. The third kappa shape index (κ3) is 4.29. The Morgan fingerprint density at radius 3 is 1.57 bits per heavy atom. The maximum Gasteiger partial charge on any atom is 0.292 e. The monoisotopic (exact) mass is 535 g/mol. The fourth-order valence-corrected chi connectivity index (χ4v) is 11.5. The van der Waals surface area contributed by atoms with Crippen molar-refractivity contribution in [1.82, 2.24) is 0 Å². The Labute approximate surface area is 239 Å². The standard InChI is InChI=1S/C37H45NO2/c1-20-3-5-26(35-29-9-22-7-23(11-29)12-30(35)10-22)17-28(20)19-34(39)37(40)38-33-18-27(6-4-21(33)2)36-31-13-24-8-25(15-31)16-32(36)14-24/h3-6,17-18,22-25,29-32,35-36H,7-16,19H2,1-2H3,(H,38,40). The highest BCUT2D eigenvalue weighted by molar-refractivity contribution is 6.41. The van der Waals surface area contributed by atoms with Crippen molar-refractivity contribution in [1.29, 1.82) is 0 Å². The van der Waals surface area contributed by atoms with E-state index in [2.05, 4.69) is 48.6 Å². The SMILES string of the molecule is Cc1ccc(C2C3CC4CC(C3)CC2C4)cc1CC(=O)C(=O)Nc1cc(C2C3CC4CC(C3)CC2C4)ccc1C. The summed E-state index contributed by atoms with van der Waals surface area (Å²) in [5.74, 6) is 7.52. The zero-order chi connectivity index (χ0) is 27.1. The van der Waals surface area contributed by atoms with Crippen LogP contribution in [-0.4, -0.2) is 11.7 Å². The molecule has 0 atom stereocenters. The summed E-state index contributed by atoms with van der Waals surface area (Å²) in [6.45, 7) is 4.12. The smallest absolute Gasteiger partial charge is 0.292 e. The number of hydrogen-bond donors (Lipinski definition) is 1. The van der Waals surface area contributed by atoms with Gasteiger partial charge in [-0.15, -0.1) is 0 Å². The lowest BCUT2D eigenvalue weighted by Gasteiger charge is -2.54. The lowest BCUT2D eigenvalue weighted by molar-refractivity contribution is -0.134. The average Bonchev–Trinajstić information content (AvgIpc) is 2.91. The topological polar surface area (TPSA) is 46.2 Å². The van der Waals surface area contributed by atoms with Crippen molar-refractivity contribution in [2.24, 2.45) is 47.3 Å². The molecule has 210 valence electrons. The van der Waals surface area contributed by atoms with Gasteiger partial charge < -0.3 is 5.32 Å². The molecule has 10 rings (SSSR count). The van der Waals surface area contributed by atoms with Crippen LogP contribution < -0.4 is 5.32 Å². The summed E-state index contributed by atoms with van der Waals surface area (Å²) >= 11 is 0. The maximum atomic E-state index is 13.3. The molecule has 8 bridgehead atoms. The minimum absolute atomic E-state index is 0.188. The number of benzene rings is 2. The summed E-state index contributed by atoms with van der Waals surface area (Å²) in [5.41, 5.74) is 6.81. The second-order valence-corrected chi connectivity index (χ2v) is 15.2. The maximum absolute atomic E-state index is 13.3. The van der Waals surface area contributed by atoms with Gasteiger partial charge in [-0.1, -0.05) is 30.3 Å². The highest BCUT2D eigenvalue weighted by atomic mass is 16.2. The Hall–Kier alpha value is -2.42. The van der Waals surface area contributed by atoms with Gasteiger partial charge in [0.1, 0.15) is 0 Å². The number of anilines is 1. The summed E-state index contributed by atoms with van der Waals surface area (Å²) in [6, 6.07) is 13.4. The molecule has 3 heteroatoms. The van der Waals surface area contributed by atoms with Crippen LogP contribution in [0.4, 0.5) is 5.69 Å². The second-order valence-electron chi connectivity index (χ2n) is 15.2. The molecule has 40 heavy (non-hydrogen) atoms. The molecule has 3 nitrogen and oxygen atoms in total. The zero-order valence-electron chi connectivity index (χ0n) is 24.3. The Morgan fingerprint density at radius 1 is 0.625 bits per heavy atom. The highest BCUT2D eigenvalue weighted by Crippen LogP contribution is 2.61. The number of amides is 1. The van der Waals surface area contributed by atoms with Gasteiger partial charge in [0, 0.05) is 12.1 Å². The van der Waals surface area contributed by atoms with Gasteiger partial charge in [-0.25, -0.2) is 0 Å². The molecule has 1 amide bonds. The van der Waals surface area contributed by atoms with Crippen molar-refractivity contribution in [3.63, 3.8) is 0 Å². The fraction of sp³-hybridized carbons (Fsp3) is 0.622. The van der Waals surface area contributed by atoms with Gasteiger partial charge in [0.25, 0.3) is 5.91 Å². The van der Waals surface area contributed by atoms with Gasteiger partial charge in [0.15, 0.2) is 0 Å². The third-order valence-corrected chi connectivity index (χ3v) is 12.7. The minimum atomic E-state index is -0.468. The molecule has 0 heterocycles. The molecule has 2 aromatic rings. The van der Waals surface area contributed by atoms with E-state index in [9.17, 15) is 9.59 Å². The Bertz CT molecular complexity index is 1200. The van der Waals surface area contributed by atoms with Crippen LogP contribution in [0.5, 0.6) is 0 Å². The lowest BCUT2D eigenvalue weighted by Crippen LogP contribution is -2.43. The Balaban J connectivity index is 0.976. The first-order chi connectivity index (χ1) is 19.4. The lowest BCUT2D eigenvalue weighted by atomic mass is 9.50. The molecule has 0 spiro atoms. The van der Waals surface area contributed by atoms with Crippen LogP contribution in [0.1, 0.15) is 104 Å². The molecule has 0 aliphatic heterocycles. The van der Waals surface area contributed by atoms with E-state index in [1.807, 2.05) is 6.92 Å². The number of hydrogen-bond acceptors (Lipinski definition) is 2. The predicted molar refractivity (Wildman–Crippen MR) is 159 cm³/mol. The van der Waals surface area contributed by atoms with Crippen molar-refractivity contribution in [3.8, 4) is 0 Å². The van der Waals surface area contributed by atoms with E-state index >= 15 is 0 Å². The van der Waals surface area contributed by atoms with Crippen molar-refractivity contribution >= 4 is 17.4 Å². The number of rotatable bonds is 6. The summed E-state index contributed by atoms with van der Waals surface area (Å²) < 4.78 is 0. The Morgan fingerprint density at radius 2 is 1.07 bits per heavy atom. The molecule has 0 unspecified atom stereocenters. The van der Waals surface area contributed by atoms with Crippen molar-refractivity contribution < 1.29 is 9.59 Å². The molecular formula is C37H45NO2. The van der Waals surface area contributed by atoms with Crippen LogP contribution in [-0.2, 0) is 16.0 Å². The van der Waals surface area contributed by atoms with E-state index in [0.717, 1.165) is 69.7 Å². The van der Waals surface area contributed by atoms with Gasteiger partial charge in [-0.3, -0.25) is 9.59 Å². The van der Waals surface area contributed by atoms with Crippen LogP contribution in [0.15, 0.2) is 36.4 Å². The average molecular weight is 536 g/mol. The van der Waals surface area contributed by atoms with Gasteiger partial charge in [-0.2, -0.15) is 0 Å². The van der Waals surface area contributed by atoms with Crippen LogP contribution in [0.2, 0.25) is 0 Å². The molecule has 2 aromatic carbocycles. The van der Waals surface area contributed by atoms with Crippen molar-refractivity contribution in [3.05, 3.63) is 64.2 Å². The number of carbonyl (C=O) groups is 2. The van der Waals surface area contributed by atoms with Crippen LogP contribution >= 0.6 is 0 Å². The van der Waals surface area contributed by atoms with E-state index in [1.54, 1.807) is 0 Å². The van der Waals surface area contributed by atoms with E-state index in [0.29, 0.717) is 11.8 Å². The van der Waals surface area contributed by atoms with Gasteiger partial charge >= 0.3 is 0 Å². The molecule has 8 aliphatic rings. The van der Waals surface area contributed by atoms with Gasteiger partial charge in [0.2, 0.25) is 5.78 Å². The second kappa shape index (κ2) is 9.57. The van der Waals surface area contributed by atoms with Gasteiger partial charge in [-0.05, 0) is 171 Å². The first-order valence-electron chi connectivity index (χ1n) is 16.4. The fourth-order valence-electron chi connectivity index (χ4n) is 11.5. The van der Waals surface area contributed by atoms with Crippen LogP contribution in [0.3, 0.4) is 0 Å². The molecule has 0 aromatic heterocycles. The van der Waals surface area contributed by atoms with Gasteiger partial charge in [0.05, 0.1) is 0 Å². The minimum Gasteiger partial charge on any atom is -0.319 e. The van der Waals surface area contributed by atoms with Crippen molar-refractivity contribution in [2.75, 3.05) is 5.32 Å². The number of aryl methyl sites for hydroxylation is 2. The normalized spacial score (nSPS) is 38.5. The van der Waals surface area contributed by atoms with Crippen LogP contribution in [0, 0.1) is 61.2 Å². The molecule has 8 fully saturated rings. The summed E-state index contributed by atoms with van der Waals surface area (Å²) in [6.07, 6.45) is 14.2. The highest BCUT2D eigenvalue weighted by Gasteiger charge is 2.49. The van der Waals surface area contributed by atoms with Crippen molar-refractivity contribution in [2.45, 2.75) is 96.3 Å². The van der Waals surface area contributed by atoms with Crippen LogP contribution in [0.25, 0.3) is 0 Å². The first kappa shape index (κ1) is 25.3. The molecule has 1 N–H and O–H groups in total. The quantitative estimate of drug-likeness (QED) is 0.380. The number of nitrogens with one attached hydrogen (secondary N) is 1. The number of ketones is 1. The number of carbonyl (C=O) groups excluding carboxylic acids is 2. The molecular weight excluding hydrogens is 490 g/mol. The molecule has 0 radical (unpaired) electrons. The Kier molecular flexibility index (Phi) is 6.05. The molecule has 0 saturated heterocycles. The van der Waals surface area contributed by atoms with E-state index in [1.165, 1.54) is 75.3 Å². The predicted octanol–water partition coefficient (Wildman–Crippen LogP) is 8.13. The summed E-state index contributed by atoms with van der Waals surface area (Å²) in [4.78, 5) is 26.5. The number of Topliss-reactive ketones (excluding diaryl/α,β-unsaturated/α-hetero) is 1. The molecule has 8 saturated carbocycles. The van der Waals surface area contributed by atoms with E-state index in [4.69, 9.17) is 0 Å². The van der Waals surface area contributed by atoms with E-state index in [-0.39, 0.29) is 12.2 Å². The molecule has 8 aliphatic carbocycles.